The van der Waals surface area contributed by atoms with Crippen LogP contribution in [0.3, 0.4) is 0 Å². The summed E-state index contributed by atoms with van der Waals surface area (Å²) < 4.78 is 27.9. The van der Waals surface area contributed by atoms with Gasteiger partial charge in [-0.3, -0.25) is 10.1 Å². The summed E-state index contributed by atoms with van der Waals surface area (Å²) in [4.78, 5) is 10.5. The molecule has 0 amide bonds. The molecule has 0 bridgehead atoms. The first-order chi connectivity index (χ1) is 10.2. The molecule has 0 aliphatic carbocycles. The molecule has 1 aliphatic heterocycles. The van der Waals surface area contributed by atoms with E-state index in [4.69, 9.17) is 0 Å². The zero-order valence-corrected chi connectivity index (χ0v) is 15.0. The zero-order chi connectivity index (χ0) is 16.5. The van der Waals surface area contributed by atoms with E-state index in [1.54, 1.807) is 19.9 Å². The molecule has 2 rings (SSSR count). The number of halogens is 1. The standard InChI is InChI=1S/C14H21N3O4S.ClH/c1-9-6-10(2)14(7-13(9)17(18)19)22(20,21)16-12-4-5-15-8-11(12)3;/h6-7,11-12,15-16H,4-5,8H2,1-3H3;1H. The Morgan fingerprint density at radius 2 is 1.96 bits per heavy atom. The number of aryl methyl sites for hydroxylation is 2. The fourth-order valence-electron chi connectivity index (χ4n) is 2.76. The second-order valence-electron chi connectivity index (χ2n) is 5.86. The number of sulfonamides is 1. The molecule has 1 aromatic carbocycles. The first kappa shape index (κ1) is 19.8. The van der Waals surface area contributed by atoms with Crippen LogP contribution >= 0.6 is 12.4 Å². The molecule has 2 unspecified atom stereocenters. The van der Waals surface area contributed by atoms with E-state index in [0.717, 1.165) is 19.2 Å². The smallest absolute Gasteiger partial charge is 0.273 e. The van der Waals surface area contributed by atoms with Crippen LogP contribution in [0.15, 0.2) is 17.0 Å². The van der Waals surface area contributed by atoms with Crippen LogP contribution in [0.1, 0.15) is 24.5 Å². The van der Waals surface area contributed by atoms with Crippen LogP contribution in [-0.2, 0) is 10.0 Å². The maximum atomic E-state index is 12.6. The van der Waals surface area contributed by atoms with Crippen molar-refractivity contribution >= 4 is 28.1 Å². The Morgan fingerprint density at radius 1 is 1.30 bits per heavy atom. The van der Waals surface area contributed by atoms with Gasteiger partial charge >= 0.3 is 0 Å². The highest BCUT2D eigenvalue weighted by atomic mass is 35.5. The van der Waals surface area contributed by atoms with Gasteiger partial charge in [0, 0.05) is 17.7 Å². The summed E-state index contributed by atoms with van der Waals surface area (Å²) in [5, 5.41) is 14.2. The van der Waals surface area contributed by atoms with Crippen molar-refractivity contribution in [3.63, 3.8) is 0 Å². The average Bonchev–Trinajstić information content (AvgIpc) is 2.40. The van der Waals surface area contributed by atoms with E-state index in [9.17, 15) is 18.5 Å². The topological polar surface area (TPSA) is 101 Å². The van der Waals surface area contributed by atoms with Crippen LogP contribution in [0.25, 0.3) is 0 Å². The molecule has 0 aromatic heterocycles. The summed E-state index contributed by atoms with van der Waals surface area (Å²) >= 11 is 0. The lowest BCUT2D eigenvalue weighted by Crippen LogP contribution is -2.48. The third-order valence-electron chi connectivity index (χ3n) is 4.07. The fraction of sp³-hybridized carbons (Fsp3) is 0.571. The normalized spacial score (nSPS) is 21.5. The Labute approximate surface area is 142 Å². The largest absolute Gasteiger partial charge is 0.316 e. The van der Waals surface area contributed by atoms with Crippen molar-refractivity contribution in [1.29, 1.82) is 0 Å². The van der Waals surface area contributed by atoms with Gasteiger partial charge < -0.3 is 5.32 Å². The molecule has 1 aliphatic rings. The Hall–Kier alpha value is -1.22. The van der Waals surface area contributed by atoms with Gasteiger partial charge in [0.2, 0.25) is 10.0 Å². The van der Waals surface area contributed by atoms with E-state index >= 15 is 0 Å². The summed E-state index contributed by atoms with van der Waals surface area (Å²) in [6.45, 7) is 6.73. The van der Waals surface area contributed by atoms with Gasteiger partial charge in [-0.15, -0.1) is 12.4 Å². The lowest BCUT2D eigenvalue weighted by Gasteiger charge is -2.30. The predicted molar refractivity (Wildman–Crippen MR) is 90.6 cm³/mol. The number of nitrogens with zero attached hydrogens (tertiary/aromatic N) is 1. The number of benzene rings is 1. The summed E-state index contributed by atoms with van der Waals surface area (Å²) in [7, 11) is -3.78. The monoisotopic (exact) mass is 363 g/mol. The molecular formula is C14H22ClN3O4S. The van der Waals surface area contributed by atoms with Crippen LogP contribution in [0.2, 0.25) is 0 Å². The van der Waals surface area contributed by atoms with Gasteiger partial charge in [-0.05, 0) is 50.9 Å². The molecular weight excluding hydrogens is 342 g/mol. The van der Waals surface area contributed by atoms with Crippen LogP contribution in [0.5, 0.6) is 0 Å². The number of piperidine rings is 1. The summed E-state index contributed by atoms with van der Waals surface area (Å²) in [5.74, 6) is 0.171. The first-order valence-electron chi connectivity index (χ1n) is 7.21. The molecule has 0 radical (unpaired) electrons. The first-order valence-corrected chi connectivity index (χ1v) is 8.69. The van der Waals surface area contributed by atoms with Crippen LogP contribution in [0.4, 0.5) is 5.69 Å². The second kappa shape index (κ2) is 7.57. The fourth-order valence-corrected chi connectivity index (χ4v) is 4.39. The molecule has 2 N–H and O–H groups in total. The number of rotatable bonds is 4. The third-order valence-corrected chi connectivity index (χ3v) is 5.70. The highest BCUT2D eigenvalue weighted by Gasteiger charge is 2.29. The Bertz CT molecular complexity index is 694. The molecule has 130 valence electrons. The van der Waals surface area contributed by atoms with E-state index in [1.807, 2.05) is 6.92 Å². The highest BCUT2D eigenvalue weighted by molar-refractivity contribution is 7.89. The van der Waals surface area contributed by atoms with Crippen molar-refractivity contribution in [1.82, 2.24) is 10.0 Å². The van der Waals surface area contributed by atoms with Crippen LogP contribution in [-0.4, -0.2) is 32.5 Å². The number of hydrogen-bond donors (Lipinski definition) is 2. The summed E-state index contributed by atoms with van der Waals surface area (Å²) in [6, 6.07) is 2.53. The van der Waals surface area contributed by atoms with Gasteiger partial charge in [0.05, 0.1) is 9.82 Å². The minimum atomic E-state index is -3.78. The highest BCUT2D eigenvalue weighted by Crippen LogP contribution is 2.26. The molecule has 9 heteroatoms. The Morgan fingerprint density at radius 3 is 2.52 bits per heavy atom. The quantitative estimate of drug-likeness (QED) is 0.628. The van der Waals surface area contributed by atoms with Crippen molar-refractivity contribution in [2.75, 3.05) is 13.1 Å². The molecule has 1 saturated heterocycles. The van der Waals surface area contributed by atoms with E-state index in [-0.39, 0.29) is 34.9 Å². The number of hydrogen-bond acceptors (Lipinski definition) is 5. The van der Waals surface area contributed by atoms with Gasteiger partial charge in [0.15, 0.2) is 0 Å². The van der Waals surface area contributed by atoms with Gasteiger partial charge in [0.1, 0.15) is 0 Å². The van der Waals surface area contributed by atoms with Gasteiger partial charge in [-0.2, -0.15) is 0 Å². The maximum Gasteiger partial charge on any atom is 0.273 e. The molecule has 2 atom stereocenters. The van der Waals surface area contributed by atoms with Crippen LogP contribution in [0, 0.1) is 29.9 Å². The average molecular weight is 364 g/mol. The van der Waals surface area contributed by atoms with Crippen LogP contribution < -0.4 is 10.0 Å². The molecule has 7 nitrogen and oxygen atoms in total. The SMILES string of the molecule is Cc1cc(C)c(S(=O)(=O)NC2CCNCC2C)cc1[N+](=O)[O-].Cl. The van der Waals surface area contributed by atoms with E-state index in [2.05, 4.69) is 10.0 Å². The summed E-state index contributed by atoms with van der Waals surface area (Å²) in [5.41, 5.74) is 0.790. The minimum Gasteiger partial charge on any atom is -0.316 e. The molecule has 0 saturated carbocycles. The Kier molecular flexibility index (Phi) is 6.52. The van der Waals surface area contributed by atoms with Crippen molar-refractivity contribution in [2.45, 2.75) is 38.1 Å². The lowest BCUT2D eigenvalue weighted by atomic mass is 9.97. The zero-order valence-electron chi connectivity index (χ0n) is 13.3. The predicted octanol–water partition coefficient (Wildman–Crippen LogP) is 1.91. The van der Waals surface area contributed by atoms with Gasteiger partial charge in [0.25, 0.3) is 5.69 Å². The lowest BCUT2D eigenvalue weighted by molar-refractivity contribution is -0.385. The van der Waals surface area contributed by atoms with E-state index < -0.39 is 14.9 Å². The molecule has 1 heterocycles. The second-order valence-corrected chi connectivity index (χ2v) is 7.54. The number of nitro benzene ring substituents is 1. The van der Waals surface area contributed by atoms with Gasteiger partial charge in [-0.1, -0.05) is 6.92 Å². The number of nitro groups is 1. The summed E-state index contributed by atoms with van der Waals surface area (Å²) in [6.07, 6.45) is 0.702. The molecule has 1 fully saturated rings. The molecule has 23 heavy (non-hydrogen) atoms. The van der Waals surface area contributed by atoms with E-state index in [1.165, 1.54) is 0 Å². The van der Waals surface area contributed by atoms with Gasteiger partial charge in [-0.25, -0.2) is 13.1 Å². The molecule has 0 spiro atoms. The molecule has 1 aromatic rings. The van der Waals surface area contributed by atoms with Crippen molar-refractivity contribution in [3.8, 4) is 0 Å². The third kappa shape index (κ3) is 4.41. The van der Waals surface area contributed by atoms with Crippen molar-refractivity contribution in [2.24, 2.45) is 5.92 Å². The van der Waals surface area contributed by atoms with Crippen molar-refractivity contribution in [3.05, 3.63) is 33.4 Å². The number of nitrogens with one attached hydrogen (secondary N) is 2. The van der Waals surface area contributed by atoms with Crippen molar-refractivity contribution < 1.29 is 13.3 Å². The maximum absolute atomic E-state index is 12.6. The van der Waals surface area contributed by atoms with E-state index in [0.29, 0.717) is 17.5 Å². The minimum absolute atomic E-state index is 0. The Balaban J connectivity index is 0.00000264.